The van der Waals surface area contributed by atoms with E-state index in [0.717, 1.165) is 19.5 Å². The summed E-state index contributed by atoms with van der Waals surface area (Å²) in [7, 11) is 1.71. The van der Waals surface area contributed by atoms with Crippen LogP contribution in [-0.2, 0) is 4.74 Å². The van der Waals surface area contributed by atoms with Crippen molar-refractivity contribution in [3.05, 3.63) is 17.0 Å². The van der Waals surface area contributed by atoms with E-state index in [1.165, 1.54) is 45.2 Å². The van der Waals surface area contributed by atoms with Crippen LogP contribution in [0, 0.1) is 19.8 Å². The lowest BCUT2D eigenvalue weighted by Gasteiger charge is -2.45. The number of carbonyl (C=O) groups excluding carboxylic acids is 1. The van der Waals surface area contributed by atoms with Crippen LogP contribution in [0.3, 0.4) is 0 Å². The van der Waals surface area contributed by atoms with Crippen molar-refractivity contribution in [3.8, 4) is 0 Å². The number of fused-ring (bicyclic) bond motifs is 1. The van der Waals surface area contributed by atoms with E-state index in [-0.39, 0.29) is 5.91 Å². The molecule has 1 aromatic rings. The third-order valence-electron chi connectivity index (χ3n) is 5.99. The predicted octanol–water partition coefficient (Wildman–Crippen LogP) is 3.03. The minimum absolute atomic E-state index is 0.0604. The molecule has 6 nitrogen and oxygen atoms in total. The first-order valence-electron chi connectivity index (χ1n) is 10.1. The molecule has 146 valence electrons. The molecule has 2 unspecified atom stereocenters. The van der Waals surface area contributed by atoms with Gasteiger partial charge in [0.1, 0.15) is 11.3 Å². The van der Waals surface area contributed by atoms with Crippen molar-refractivity contribution in [2.45, 2.75) is 58.4 Å². The maximum Gasteiger partial charge on any atom is 0.259 e. The maximum atomic E-state index is 13.2. The molecule has 1 amide bonds. The number of hydrogen-bond donors (Lipinski definition) is 0. The molecule has 3 heterocycles. The molecule has 26 heavy (non-hydrogen) atoms. The quantitative estimate of drug-likeness (QED) is 0.697. The summed E-state index contributed by atoms with van der Waals surface area (Å²) in [6, 6.07) is 0.639. The van der Waals surface area contributed by atoms with Gasteiger partial charge in [0.05, 0.1) is 5.69 Å². The van der Waals surface area contributed by atoms with Crippen LogP contribution in [0.2, 0.25) is 0 Å². The van der Waals surface area contributed by atoms with Gasteiger partial charge in [-0.25, -0.2) is 0 Å². The second kappa shape index (κ2) is 9.00. The highest BCUT2D eigenvalue weighted by atomic mass is 16.5. The Balaban J connectivity index is 1.74. The zero-order valence-electron chi connectivity index (χ0n) is 16.5. The van der Waals surface area contributed by atoms with Crippen LogP contribution in [0.5, 0.6) is 0 Å². The lowest BCUT2D eigenvalue weighted by atomic mass is 9.83. The van der Waals surface area contributed by atoms with Crippen LogP contribution in [0.25, 0.3) is 0 Å². The molecule has 6 heteroatoms. The highest BCUT2D eigenvalue weighted by molar-refractivity contribution is 5.96. The van der Waals surface area contributed by atoms with Gasteiger partial charge in [-0.15, -0.1) is 0 Å². The largest absolute Gasteiger partial charge is 0.385 e. The van der Waals surface area contributed by atoms with Gasteiger partial charge in [0.15, 0.2) is 0 Å². The number of amides is 1. The Morgan fingerprint density at radius 1 is 1.27 bits per heavy atom. The number of carbonyl (C=O) groups is 1. The number of aryl methyl sites for hydroxylation is 2. The molecule has 0 aliphatic carbocycles. The molecule has 0 spiro atoms. The molecule has 2 aliphatic heterocycles. The highest BCUT2D eigenvalue weighted by Gasteiger charge is 2.35. The van der Waals surface area contributed by atoms with Crippen molar-refractivity contribution in [1.29, 1.82) is 0 Å². The molecular weight excluding hydrogens is 330 g/mol. The second-order valence-electron chi connectivity index (χ2n) is 7.80. The number of nitrogens with zero attached hydrogens (tertiary/aromatic N) is 3. The molecule has 2 saturated heterocycles. The molecule has 0 bridgehead atoms. The summed E-state index contributed by atoms with van der Waals surface area (Å²) in [6.07, 6.45) is 7.23. The molecule has 0 saturated carbocycles. The fourth-order valence-corrected chi connectivity index (χ4v) is 4.70. The zero-order valence-corrected chi connectivity index (χ0v) is 16.5. The molecule has 0 radical (unpaired) electrons. The number of hydrogen-bond acceptors (Lipinski definition) is 5. The van der Waals surface area contributed by atoms with Gasteiger partial charge >= 0.3 is 0 Å². The minimum atomic E-state index is 0.0604. The first kappa shape index (κ1) is 19.4. The van der Waals surface area contributed by atoms with E-state index >= 15 is 0 Å². The SMILES string of the molecule is COCCCN(CC1CCCN2CCCCC12)C(=O)c1c(C)noc1C. The average Bonchev–Trinajstić information content (AvgIpc) is 2.99. The molecule has 2 fully saturated rings. The van der Waals surface area contributed by atoms with Gasteiger partial charge in [0.2, 0.25) is 0 Å². The summed E-state index contributed by atoms with van der Waals surface area (Å²) < 4.78 is 10.4. The molecular formula is C20H33N3O3. The Bertz CT molecular complexity index is 580. The third-order valence-corrected chi connectivity index (χ3v) is 5.99. The summed E-state index contributed by atoms with van der Waals surface area (Å²) in [6.45, 7) is 8.34. The fraction of sp³-hybridized carbons (Fsp3) is 0.800. The monoisotopic (exact) mass is 363 g/mol. The van der Waals surface area contributed by atoms with Gasteiger partial charge in [-0.1, -0.05) is 11.6 Å². The van der Waals surface area contributed by atoms with Crippen molar-refractivity contribution < 1.29 is 14.1 Å². The lowest BCUT2D eigenvalue weighted by molar-refractivity contribution is 0.0346. The van der Waals surface area contributed by atoms with Gasteiger partial charge in [0.25, 0.3) is 5.91 Å². The number of ether oxygens (including phenoxy) is 1. The van der Waals surface area contributed by atoms with E-state index in [1.54, 1.807) is 7.11 Å². The van der Waals surface area contributed by atoms with Crippen molar-refractivity contribution in [2.24, 2.45) is 5.92 Å². The van der Waals surface area contributed by atoms with Crippen molar-refractivity contribution in [1.82, 2.24) is 15.0 Å². The standard InChI is InChI=1S/C20H33N3O3/c1-15-19(16(2)26-21-15)20(24)23(12-7-13-25-3)14-17-8-6-11-22-10-5-4-9-18(17)22/h17-18H,4-14H2,1-3H3. The van der Waals surface area contributed by atoms with E-state index in [1.807, 2.05) is 18.7 Å². The first-order valence-corrected chi connectivity index (χ1v) is 10.1. The Hall–Kier alpha value is -1.40. The van der Waals surface area contributed by atoms with Crippen LogP contribution >= 0.6 is 0 Å². The second-order valence-corrected chi connectivity index (χ2v) is 7.80. The van der Waals surface area contributed by atoms with E-state index in [9.17, 15) is 4.79 Å². The van der Waals surface area contributed by atoms with Gasteiger partial charge in [0, 0.05) is 32.8 Å². The summed E-state index contributed by atoms with van der Waals surface area (Å²) in [5.41, 5.74) is 1.32. The van der Waals surface area contributed by atoms with Gasteiger partial charge < -0.3 is 19.1 Å². The fourth-order valence-electron chi connectivity index (χ4n) is 4.70. The van der Waals surface area contributed by atoms with Crippen LogP contribution in [0.1, 0.15) is 60.3 Å². The minimum Gasteiger partial charge on any atom is -0.385 e. The smallest absolute Gasteiger partial charge is 0.259 e. The van der Waals surface area contributed by atoms with Crippen LogP contribution in [0.4, 0.5) is 0 Å². The zero-order chi connectivity index (χ0) is 18.5. The van der Waals surface area contributed by atoms with Crippen molar-refractivity contribution in [3.63, 3.8) is 0 Å². The van der Waals surface area contributed by atoms with Crippen LogP contribution in [0.15, 0.2) is 4.52 Å². The van der Waals surface area contributed by atoms with Crippen molar-refractivity contribution in [2.75, 3.05) is 39.9 Å². The Morgan fingerprint density at radius 3 is 2.81 bits per heavy atom. The molecule has 2 aliphatic rings. The van der Waals surface area contributed by atoms with Crippen molar-refractivity contribution >= 4 is 5.91 Å². The Labute approximate surface area is 156 Å². The predicted molar refractivity (Wildman–Crippen MR) is 100 cm³/mol. The first-order chi connectivity index (χ1) is 12.6. The van der Waals surface area contributed by atoms with Gasteiger partial charge in [-0.2, -0.15) is 0 Å². The number of rotatable bonds is 7. The molecule has 2 atom stereocenters. The van der Waals surface area contributed by atoms with E-state index in [4.69, 9.17) is 9.26 Å². The van der Waals surface area contributed by atoms with E-state index < -0.39 is 0 Å². The normalized spacial score (nSPS) is 23.7. The summed E-state index contributed by atoms with van der Waals surface area (Å²) in [4.78, 5) is 17.9. The summed E-state index contributed by atoms with van der Waals surface area (Å²) in [5.74, 6) is 1.24. The molecule has 0 N–H and O–H groups in total. The maximum absolute atomic E-state index is 13.2. The topological polar surface area (TPSA) is 58.8 Å². The number of methoxy groups -OCH3 is 1. The van der Waals surface area contributed by atoms with E-state index in [0.29, 0.717) is 35.6 Å². The van der Waals surface area contributed by atoms with Gasteiger partial charge in [-0.3, -0.25) is 4.79 Å². The number of piperidine rings is 2. The summed E-state index contributed by atoms with van der Waals surface area (Å²) >= 11 is 0. The van der Waals surface area contributed by atoms with E-state index in [2.05, 4.69) is 10.1 Å². The van der Waals surface area contributed by atoms with Crippen LogP contribution < -0.4 is 0 Å². The number of aromatic nitrogens is 1. The Kier molecular flexibility index (Phi) is 6.70. The lowest BCUT2D eigenvalue weighted by Crippen LogP contribution is -2.51. The molecule has 0 aromatic carbocycles. The third kappa shape index (κ3) is 4.29. The summed E-state index contributed by atoms with van der Waals surface area (Å²) in [5, 5.41) is 3.97. The molecule has 3 rings (SSSR count). The highest BCUT2D eigenvalue weighted by Crippen LogP contribution is 2.32. The average molecular weight is 364 g/mol. The van der Waals surface area contributed by atoms with Gasteiger partial charge in [-0.05, 0) is 65.0 Å². The Morgan fingerprint density at radius 2 is 2.08 bits per heavy atom. The van der Waals surface area contributed by atoms with Crippen LogP contribution in [-0.4, -0.2) is 66.8 Å². The molecule has 1 aromatic heterocycles.